The first-order valence-corrected chi connectivity index (χ1v) is 13.8. The van der Waals surface area contributed by atoms with E-state index in [2.05, 4.69) is 33.2 Å². The van der Waals surface area contributed by atoms with Crippen LogP contribution in [0.15, 0.2) is 4.99 Å². The molecule has 0 bridgehead atoms. The Morgan fingerprint density at radius 3 is 1.97 bits per heavy atom. The van der Waals surface area contributed by atoms with Gasteiger partial charge in [0.05, 0.1) is 0 Å². The summed E-state index contributed by atoms with van der Waals surface area (Å²) in [4.78, 5) is 17.7. The van der Waals surface area contributed by atoms with Crippen LogP contribution in [0.4, 0.5) is 4.79 Å². The molecule has 2 unspecified atom stereocenters. The molecule has 9 heteroatoms. The van der Waals surface area contributed by atoms with E-state index in [9.17, 15) is 20.1 Å². The molecule has 33 heavy (non-hydrogen) atoms. The molecule has 0 aromatic carbocycles. The van der Waals surface area contributed by atoms with Crippen LogP contribution in [0, 0.1) is 0 Å². The Balaban J connectivity index is 1.52. The first-order chi connectivity index (χ1) is 16.0. The zero-order chi connectivity index (χ0) is 24.1. The second-order valence-corrected chi connectivity index (χ2v) is 10.2. The van der Waals surface area contributed by atoms with Crippen molar-refractivity contribution in [2.75, 3.05) is 13.2 Å². The number of fused-ring (bicyclic) bond motifs is 1. The number of aliphatic hydroxyl groups is 3. The Hall–Kier alpha value is -0.861. The van der Waals surface area contributed by atoms with E-state index in [1.807, 2.05) is 0 Å². The molecule has 191 valence electrons. The van der Waals surface area contributed by atoms with E-state index in [-0.39, 0.29) is 6.61 Å². The zero-order valence-corrected chi connectivity index (χ0v) is 21.9. The molecule has 2 heterocycles. The molecule has 0 saturated carbocycles. The maximum atomic E-state index is 12.0. The molecule has 0 aliphatic carbocycles. The summed E-state index contributed by atoms with van der Waals surface area (Å²) in [5, 5.41) is 33.5. The van der Waals surface area contributed by atoms with Crippen LogP contribution in [0.1, 0.15) is 96.8 Å². The van der Waals surface area contributed by atoms with Crippen molar-refractivity contribution in [3.63, 3.8) is 0 Å². The summed E-state index contributed by atoms with van der Waals surface area (Å²) in [5.74, 6) is 0. The zero-order valence-electron chi connectivity index (χ0n) is 20.2. The summed E-state index contributed by atoms with van der Waals surface area (Å²) in [7, 11) is 0. The minimum absolute atomic E-state index is 0.0130. The third kappa shape index (κ3) is 9.36. The Morgan fingerprint density at radius 1 is 0.909 bits per heavy atom. The van der Waals surface area contributed by atoms with Crippen molar-refractivity contribution in [3.05, 3.63) is 0 Å². The molecular weight excluding hydrogens is 489 g/mol. The van der Waals surface area contributed by atoms with E-state index >= 15 is 0 Å². The van der Waals surface area contributed by atoms with Gasteiger partial charge in [-0.05, 0) is 0 Å². The fourth-order valence-corrected chi connectivity index (χ4v) is 5.07. The van der Waals surface area contributed by atoms with Gasteiger partial charge in [-0.1, -0.05) is 39.0 Å². The average molecular weight is 534 g/mol. The molecule has 1 radical (unpaired) electrons. The quantitative estimate of drug-likeness (QED) is 0.105. The molecule has 0 aromatic heterocycles. The molecule has 1 amide bonds. The molecule has 2 rings (SSSR count). The molecular formula is C24H44N3O5Se. The topological polar surface area (TPSA) is 115 Å². The third-order valence-corrected chi connectivity index (χ3v) is 7.22. The number of carbonyl (C=O) groups excluding carboxylic acids is 1. The van der Waals surface area contributed by atoms with E-state index in [0.29, 0.717) is 11.3 Å². The molecule has 2 saturated heterocycles. The van der Waals surface area contributed by atoms with Crippen LogP contribution in [0.25, 0.3) is 0 Å². The summed E-state index contributed by atoms with van der Waals surface area (Å²) in [6, 6.07) is -0.688. The molecule has 5 atom stereocenters. The summed E-state index contributed by atoms with van der Waals surface area (Å²) in [6.07, 6.45) is 12.8. The van der Waals surface area contributed by atoms with E-state index in [4.69, 9.17) is 4.74 Å². The fourth-order valence-electron chi connectivity index (χ4n) is 4.62. The number of hydrogen-bond donors (Lipinski definition) is 4. The van der Waals surface area contributed by atoms with Gasteiger partial charge in [0.2, 0.25) is 0 Å². The number of unbranched alkanes of at least 4 members (excludes halogenated alkanes) is 13. The molecule has 0 aromatic rings. The normalized spacial score (nSPS) is 27.5. The van der Waals surface area contributed by atoms with Crippen LogP contribution in [0.2, 0.25) is 0 Å². The monoisotopic (exact) mass is 534 g/mol. The van der Waals surface area contributed by atoms with Gasteiger partial charge in [-0.25, -0.2) is 0 Å². The number of aliphatic hydroxyl groups excluding tert-OH is 3. The summed E-state index contributed by atoms with van der Waals surface area (Å²) in [5.41, 5.74) is 0. The van der Waals surface area contributed by atoms with Gasteiger partial charge in [0, 0.05) is 0 Å². The van der Waals surface area contributed by atoms with Gasteiger partial charge < -0.3 is 0 Å². The van der Waals surface area contributed by atoms with Gasteiger partial charge in [-0.15, -0.1) is 0 Å². The Kier molecular flexibility index (Phi) is 13.7. The van der Waals surface area contributed by atoms with E-state index in [1.165, 1.54) is 81.9 Å². The molecule has 8 nitrogen and oxygen atoms in total. The molecule has 2 fully saturated rings. The van der Waals surface area contributed by atoms with E-state index in [0.717, 1.165) is 12.8 Å². The second-order valence-electron chi connectivity index (χ2n) is 9.40. The molecule has 2 aliphatic rings. The van der Waals surface area contributed by atoms with Gasteiger partial charge in [0.25, 0.3) is 0 Å². The number of aliphatic imine (C=N–C) groups is 1. The average Bonchev–Trinajstić information content (AvgIpc) is 3.19. The fraction of sp³-hybridized carbons (Fsp3) is 0.917. The predicted molar refractivity (Wildman–Crippen MR) is 130 cm³/mol. The van der Waals surface area contributed by atoms with Crippen molar-refractivity contribution in [2.45, 2.75) is 127 Å². The first-order valence-electron chi connectivity index (χ1n) is 12.9. The van der Waals surface area contributed by atoms with Gasteiger partial charge >= 0.3 is 168 Å². The number of cyclic esters (lactones) is 1. The molecule has 2 aliphatic heterocycles. The number of carbonyl (C=O) groups is 1. The predicted octanol–water partition coefficient (Wildman–Crippen LogP) is 2.83. The number of nitrogens with one attached hydrogen (secondary N) is 1. The van der Waals surface area contributed by atoms with Crippen molar-refractivity contribution >= 4 is 26.8 Å². The van der Waals surface area contributed by atoms with E-state index < -0.39 is 36.6 Å². The van der Waals surface area contributed by atoms with Crippen LogP contribution < -0.4 is 5.32 Å². The third-order valence-electron chi connectivity index (χ3n) is 6.70. The number of piperidine rings is 1. The van der Waals surface area contributed by atoms with Crippen molar-refractivity contribution < 1.29 is 24.9 Å². The van der Waals surface area contributed by atoms with E-state index in [1.54, 1.807) is 0 Å². The van der Waals surface area contributed by atoms with Crippen molar-refractivity contribution in [2.24, 2.45) is 4.99 Å². The van der Waals surface area contributed by atoms with Crippen molar-refractivity contribution in [3.8, 4) is 0 Å². The SMILES string of the molecule is CCCCCCCCCCCCCCCCN=C([Se])N[C@@H]1[C@@H](O)C(O)[C@H](O)C2COC(=O)N21. The van der Waals surface area contributed by atoms with Crippen LogP contribution in [-0.4, -0.2) is 90.7 Å². The minimum atomic E-state index is -1.36. The Morgan fingerprint density at radius 2 is 1.42 bits per heavy atom. The van der Waals surface area contributed by atoms with Crippen LogP contribution >= 0.6 is 0 Å². The van der Waals surface area contributed by atoms with Gasteiger partial charge in [0.1, 0.15) is 0 Å². The van der Waals surface area contributed by atoms with Crippen molar-refractivity contribution in [1.82, 2.24) is 10.2 Å². The summed E-state index contributed by atoms with van der Waals surface area (Å²) in [6.45, 7) is 2.90. The van der Waals surface area contributed by atoms with Gasteiger partial charge in [-0.3, -0.25) is 0 Å². The number of amides is 1. The number of nitrogens with zero attached hydrogens (tertiary/aromatic N) is 2. The standard InChI is InChI=1S/C24H44N3O5Se/c1-2-3-4-5-6-7-8-9-10-11-12-13-14-15-16-25-23(33)26-22-21(30)20(29)19(28)18-17-32-24(31)27(18)22/h18-22,28-30H,2-17H2,1H3,(H,25,26)/t18?,19-,20?,21+,22+/m1/s1. The van der Waals surface area contributed by atoms with Crippen LogP contribution in [0.5, 0.6) is 0 Å². The Labute approximate surface area is 207 Å². The van der Waals surface area contributed by atoms with Crippen molar-refractivity contribution in [1.29, 1.82) is 0 Å². The summed E-state index contributed by atoms with van der Waals surface area (Å²) >= 11 is 2.82. The number of rotatable bonds is 16. The maximum absolute atomic E-state index is 12.0. The Bertz CT molecular complexity index is 594. The second kappa shape index (κ2) is 15.9. The first kappa shape index (κ1) is 28.4. The van der Waals surface area contributed by atoms with Crippen LogP contribution in [-0.2, 0) is 4.74 Å². The summed E-state index contributed by atoms with van der Waals surface area (Å²) < 4.78 is 5.45. The molecule has 0 spiro atoms. The van der Waals surface area contributed by atoms with Gasteiger partial charge in [-0.2, -0.15) is 0 Å². The van der Waals surface area contributed by atoms with Gasteiger partial charge in [0.15, 0.2) is 0 Å². The number of amidine groups is 1. The number of ether oxygens (including phenoxy) is 1. The molecule has 4 N–H and O–H groups in total. The number of hydrogen-bond acceptors (Lipinski definition) is 6. The van der Waals surface area contributed by atoms with Crippen LogP contribution in [0.3, 0.4) is 0 Å².